The lowest BCUT2D eigenvalue weighted by Gasteiger charge is -2.26. The summed E-state index contributed by atoms with van der Waals surface area (Å²) in [6.45, 7) is 6.17. The van der Waals surface area contributed by atoms with E-state index in [0.717, 1.165) is 6.42 Å². The molecule has 0 aliphatic heterocycles. The smallest absolute Gasteiger partial charge is 0.133 e. The van der Waals surface area contributed by atoms with Gasteiger partial charge in [-0.15, -0.1) is 0 Å². The van der Waals surface area contributed by atoms with Crippen LogP contribution in [0.15, 0.2) is 23.8 Å². The van der Waals surface area contributed by atoms with Gasteiger partial charge in [0.25, 0.3) is 0 Å². The van der Waals surface area contributed by atoms with Crippen LogP contribution in [0.2, 0.25) is 0 Å². The van der Waals surface area contributed by atoms with Gasteiger partial charge in [0.05, 0.1) is 0 Å². The molecule has 0 saturated heterocycles. The van der Waals surface area contributed by atoms with Gasteiger partial charge >= 0.3 is 0 Å². The minimum Gasteiger partial charge on any atom is -0.300 e. The molecule has 0 aromatic rings. The molecule has 14 heavy (non-hydrogen) atoms. The molecule has 0 saturated carbocycles. The quantitative estimate of drug-likeness (QED) is 0.667. The summed E-state index contributed by atoms with van der Waals surface area (Å²) < 4.78 is 0. The number of ketones is 1. The maximum Gasteiger partial charge on any atom is 0.133 e. The van der Waals surface area contributed by atoms with Crippen molar-refractivity contribution in [2.75, 3.05) is 0 Å². The largest absolute Gasteiger partial charge is 0.300 e. The molecule has 1 aliphatic rings. The van der Waals surface area contributed by atoms with Gasteiger partial charge in [0.2, 0.25) is 0 Å². The SMILES string of the molecule is CC(=O)CC=CC1=CC(C)(C)CCC1. The van der Waals surface area contributed by atoms with Crippen LogP contribution in [0.1, 0.15) is 46.5 Å². The van der Waals surface area contributed by atoms with E-state index in [1.807, 2.05) is 6.08 Å². The Labute approximate surface area is 86.9 Å². The predicted molar refractivity (Wildman–Crippen MR) is 60.2 cm³/mol. The van der Waals surface area contributed by atoms with Crippen LogP contribution in [0.3, 0.4) is 0 Å². The first-order valence-corrected chi connectivity index (χ1v) is 5.37. The van der Waals surface area contributed by atoms with E-state index in [4.69, 9.17) is 0 Å². The van der Waals surface area contributed by atoms with Gasteiger partial charge in [0.1, 0.15) is 5.78 Å². The second kappa shape index (κ2) is 4.59. The van der Waals surface area contributed by atoms with Gasteiger partial charge in [-0.3, -0.25) is 4.79 Å². The number of allylic oxidation sites excluding steroid dienone is 4. The average Bonchev–Trinajstić information content (AvgIpc) is 2.01. The first-order chi connectivity index (χ1) is 6.49. The standard InChI is InChI=1S/C13H20O/c1-11(14)6-4-7-12-8-5-9-13(2,3)10-12/h4,7,10H,5-6,8-9H2,1-3H3. The summed E-state index contributed by atoms with van der Waals surface area (Å²) in [6.07, 6.45) is 10.7. The van der Waals surface area contributed by atoms with E-state index >= 15 is 0 Å². The van der Waals surface area contributed by atoms with Gasteiger partial charge in [-0.2, -0.15) is 0 Å². The highest BCUT2D eigenvalue weighted by Gasteiger charge is 2.18. The van der Waals surface area contributed by atoms with Crippen molar-refractivity contribution >= 4 is 5.78 Å². The Morgan fingerprint density at radius 3 is 2.86 bits per heavy atom. The van der Waals surface area contributed by atoms with Crippen molar-refractivity contribution < 1.29 is 4.79 Å². The van der Waals surface area contributed by atoms with Crippen LogP contribution < -0.4 is 0 Å². The summed E-state index contributed by atoms with van der Waals surface area (Å²) in [7, 11) is 0. The third-order valence-corrected chi connectivity index (χ3v) is 2.60. The summed E-state index contributed by atoms with van der Waals surface area (Å²) >= 11 is 0. The van der Waals surface area contributed by atoms with Gasteiger partial charge in [-0.05, 0) is 31.6 Å². The fraction of sp³-hybridized carbons (Fsp3) is 0.615. The van der Waals surface area contributed by atoms with Crippen LogP contribution in [0, 0.1) is 5.41 Å². The Kier molecular flexibility index (Phi) is 3.68. The summed E-state index contributed by atoms with van der Waals surface area (Å²) in [5, 5.41) is 0. The van der Waals surface area contributed by atoms with Crippen molar-refractivity contribution in [1.82, 2.24) is 0 Å². The number of hydrogen-bond acceptors (Lipinski definition) is 1. The lowest BCUT2D eigenvalue weighted by atomic mass is 9.79. The monoisotopic (exact) mass is 192 g/mol. The average molecular weight is 192 g/mol. The van der Waals surface area contributed by atoms with Crippen molar-refractivity contribution in [3.05, 3.63) is 23.8 Å². The molecule has 1 aliphatic carbocycles. The Bertz CT molecular complexity index is 269. The predicted octanol–water partition coefficient (Wildman–Crippen LogP) is 3.66. The Morgan fingerprint density at radius 2 is 2.29 bits per heavy atom. The third-order valence-electron chi connectivity index (χ3n) is 2.60. The van der Waals surface area contributed by atoms with Crippen LogP contribution >= 0.6 is 0 Å². The van der Waals surface area contributed by atoms with E-state index in [9.17, 15) is 4.79 Å². The van der Waals surface area contributed by atoms with E-state index in [1.165, 1.54) is 18.4 Å². The van der Waals surface area contributed by atoms with E-state index in [2.05, 4.69) is 26.0 Å². The van der Waals surface area contributed by atoms with E-state index in [0.29, 0.717) is 11.8 Å². The van der Waals surface area contributed by atoms with E-state index < -0.39 is 0 Å². The Morgan fingerprint density at radius 1 is 1.57 bits per heavy atom. The molecule has 78 valence electrons. The molecular weight excluding hydrogens is 172 g/mol. The van der Waals surface area contributed by atoms with Crippen LogP contribution in [0.25, 0.3) is 0 Å². The fourth-order valence-electron chi connectivity index (χ4n) is 1.90. The number of Topliss-reactive ketones (excluding diaryl/α,β-unsaturated/α-hetero) is 1. The first-order valence-electron chi connectivity index (χ1n) is 5.37. The molecule has 0 unspecified atom stereocenters. The Balaban J connectivity index is 2.56. The molecule has 1 nitrogen and oxygen atoms in total. The summed E-state index contributed by atoms with van der Waals surface area (Å²) in [4.78, 5) is 10.7. The Hall–Kier alpha value is -0.850. The number of carbonyl (C=O) groups is 1. The molecule has 1 heteroatoms. The van der Waals surface area contributed by atoms with Crippen LogP contribution in [-0.2, 0) is 4.79 Å². The lowest BCUT2D eigenvalue weighted by Crippen LogP contribution is -2.12. The lowest BCUT2D eigenvalue weighted by molar-refractivity contribution is -0.116. The van der Waals surface area contributed by atoms with Gasteiger partial charge < -0.3 is 0 Å². The summed E-state index contributed by atoms with van der Waals surface area (Å²) in [6, 6.07) is 0. The van der Waals surface area contributed by atoms with E-state index in [-0.39, 0.29) is 5.78 Å². The molecule has 0 bridgehead atoms. The molecule has 1 rings (SSSR count). The molecule has 0 heterocycles. The van der Waals surface area contributed by atoms with Gasteiger partial charge in [-0.25, -0.2) is 0 Å². The summed E-state index contributed by atoms with van der Waals surface area (Å²) in [5.41, 5.74) is 1.73. The van der Waals surface area contributed by atoms with Crippen molar-refractivity contribution in [3.63, 3.8) is 0 Å². The van der Waals surface area contributed by atoms with Crippen LogP contribution in [0.5, 0.6) is 0 Å². The molecule has 0 radical (unpaired) electrons. The second-order valence-electron chi connectivity index (χ2n) is 4.87. The topological polar surface area (TPSA) is 17.1 Å². The maximum absolute atomic E-state index is 10.7. The zero-order chi connectivity index (χ0) is 10.6. The first kappa shape index (κ1) is 11.2. The fourth-order valence-corrected chi connectivity index (χ4v) is 1.90. The zero-order valence-electron chi connectivity index (χ0n) is 9.47. The maximum atomic E-state index is 10.7. The van der Waals surface area contributed by atoms with Crippen molar-refractivity contribution in [2.24, 2.45) is 5.41 Å². The normalized spacial score (nSPS) is 20.9. The minimum atomic E-state index is 0.233. The zero-order valence-corrected chi connectivity index (χ0v) is 9.47. The summed E-state index contributed by atoms with van der Waals surface area (Å²) in [5.74, 6) is 0.233. The minimum absolute atomic E-state index is 0.233. The van der Waals surface area contributed by atoms with E-state index in [1.54, 1.807) is 6.92 Å². The highest BCUT2D eigenvalue weighted by molar-refractivity contribution is 5.77. The van der Waals surface area contributed by atoms with Crippen LogP contribution in [0.4, 0.5) is 0 Å². The van der Waals surface area contributed by atoms with Gasteiger partial charge in [-0.1, -0.05) is 37.6 Å². The van der Waals surface area contributed by atoms with Crippen molar-refractivity contribution in [2.45, 2.75) is 46.5 Å². The highest BCUT2D eigenvalue weighted by Crippen LogP contribution is 2.33. The second-order valence-corrected chi connectivity index (χ2v) is 4.87. The molecule has 0 atom stereocenters. The van der Waals surface area contributed by atoms with Crippen LogP contribution in [-0.4, -0.2) is 5.78 Å². The molecule has 0 N–H and O–H groups in total. The number of hydrogen-bond donors (Lipinski definition) is 0. The molecule has 0 amide bonds. The molecule has 0 aromatic heterocycles. The van der Waals surface area contributed by atoms with Gasteiger partial charge in [0, 0.05) is 6.42 Å². The van der Waals surface area contributed by atoms with Crippen molar-refractivity contribution in [3.8, 4) is 0 Å². The third kappa shape index (κ3) is 3.91. The number of carbonyl (C=O) groups excluding carboxylic acids is 1. The molecule has 0 fully saturated rings. The van der Waals surface area contributed by atoms with Crippen molar-refractivity contribution in [1.29, 1.82) is 0 Å². The van der Waals surface area contributed by atoms with Gasteiger partial charge in [0.15, 0.2) is 0 Å². The number of rotatable bonds is 3. The highest BCUT2D eigenvalue weighted by atomic mass is 16.1. The molecule has 0 spiro atoms. The molecule has 0 aromatic carbocycles. The molecular formula is C13H20O.